The molecule has 1 unspecified atom stereocenters. The van der Waals surface area contributed by atoms with Crippen molar-refractivity contribution in [2.45, 2.75) is 90.1 Å². The predicted octanol–water partition coefficient (Wildman–Crippen LogP) is 5.44. The number of aliphatic carboxylic acids is 1. The highest BCUT2D eigenvalue weighted by Crippen LogP contribution is 2.36. The summed E-state index contributed by atoms with van der Waals surface area (Å²) in [4.78, 5) is 55.6. The molecular weight excluding hydrogens is 699 g/mol. The molecule has 0 bridgehead atoms. The molecule has 0 aromatic heterocycles. The SMILES string of the molecule is CC(C)CC1(N2CCN(C(=O)[C@@H](Cc3ccc(Cl)cc3)NC(=O)CC3NCc4ccccc43)CC2)CCN(C(=O)C(C)C)CC1.O=C(O)C(F)(F)F. The van der Waals surface area contributed by atoms with Crippen molar-refractivity contribution in [3.05, 3.63) is 70.2 Å². The van der Waals surface area contributed by atoms with Gasteiger partial charge in [0.1, 0.15) is 6.04 Å². The molecule has 14 heteroatoms. The van der Waals surface area contributed by atoms with Crippen LogP contribution in [0.1, 0.15) is 76.1 Å². The van der Waals surface area contributed by atoms with E-state index in [9.17, 15) is 27.6 Å². The molecule has 2 aromatic carbocycles. The summed E-state index contributed by atoms with van der Waals surface area (Å²) in [6.45, 7) is 13.7. The third-order valence-electron chi connectivity index (χ3n) is 10.1. The number of piperidine rings is 1. The number of hydrogen-bond acceptors (Lipinski definition) is 6. The Morgan fingerprint density at radius 1 is 0.904 bits per heavy atom. The number of benzene rings is 2. The number of carboxylic acids is 1. The number of carbonyl (C=O) groups is 4. The lowest BCUT2D eigenvalue weighted by molar-refractivity contribution is -0.192. The first-order valence-electron chi connectivity index (χ1n) is 18.0. The molecule has 3 heterocycles. The van der Waals surface area contributed by atoms with E-state index in [1.807, 2.05) is 60.0 Å². The maximum Gasteiger partial charge on any atom is 0.490 e. The number of carbonyl (C=O) groups excluding carboxylic acids is 3. The van der Waals surface area contributed by atoms with E-state index in [0.29, 0.717) is 30.5 Å². The number of nitrogens with zero attached hydrogens (tertiary/aromatic N) is 3. The predicted molar refractivity (Wildman–Crippen MR) is 192 cm³/mol. The number of piperazine rings is 1. The van der Waals surface area contributed by atoms with Gasteiger partial charge in [-0.25, -0.2) is 4.79 Å². The molecule has 0 aliphatic carbocycles. The van der Waals surface area contributed by atoms with Crippen LogP contribution in [0.2, 0.25) is 5.02 Å². The van der Waals surface area contributed by atoms with Crippen LogP contribution < -0.4 is 10.6 Å². The number of rotatable bonds is 10. The quantitative estimate of drug-likeness (QED) is 0.296. The van der Waals surface area contributed by atoms with Crippen LogP contribution in [0, 0.1) is 11.8 Å². The van der Waals surface area contributed by atoms with Crippen molar-refractivity contribution in [1.82, 2.24) is 25.3 Å². The fourth-order valence-corrected chi connectivity index (χ4v) is 7.72. The van der Waals surface area contributed by atoms with Gasteiger partial charge in [-0.05, 0) is 54.0 Å². The second-order valence-electron chi connectivity index (χ2n) is 14.7. The third kappa shape index (κ3) is 10.9. The number of amides is 3. The molecule has 2 aromatic rings. The van der Waals surface area contributed by atoms with Crippen molar-refractivity contribution in [3.8, 4) is 0 Å². The first kappa shape index (κ1) is 41.1. The van der Waals surface area contributed by atoms with Crippen LogP contribution >= 0.6 is 11.6 Å². The third-order valence-corrected chi connectivity index (χ3v) is 10.4. The van der Waals surface area contributed by atoms with Gasteiger partial charge in [0.05, 0.1) is 0 Å². The maximum absolute atomic E-state index is 14.1. The second kappa shape index (κ2) is 17.9. The Kier molecular flexibility index (Phi) is 14.1. The van der Waals surface area contributed by atoms with E-state index in [4.69, 9.17) is 21.5 Å². The van der Waals surface area contributed by atoms with Gasteiger partial charge in [0.25, 0.3) is 0 Å². The highest BCUT2D eigenvalue weighted by molar-refractivity contribution is 6.30. The number of carboxylic acid groups (broad SMARTS) is 1. The molecule has 0 radical (unpaired) electrons. The van der Waals surface area contributed by atoms with Crippen molar-refractivity contribution in [3.63, 3.8) is 0 Å². The van der Waals surface area contributed by atoms with E-state index in [2.05, 4.69) is 41.5 Å². The van der Waals surface area contributed by atoms with Gasteiger partial charge in [-0.3, -0.25) is 19.3 Å². The molecule has 0 spiro atoms. The highest BCUT2D eigenvalue weighted by atomic mass is 35.5. The molecule has 3 N–H and O–H groups in total. The standard InChI is InChI=1S/C36H50ClN5O3.C2HF3O2/c1-25(2)23-36(13-15-40(16-14-36)34(44)26(3)4)42-19-17-41(18-20-42)35(45)32(21-27-9-11-29(37)12-10-27)39-33(43)22-31-30-8-6-5-7-28(30)24-38-31;3-2(4,5)1(6)7/h5-12,25-26,31-32,38H,13-24H2,1-4H3,(H,39,43);(H,6,7)/t31?,32-;/m1./s1. The normalized spacial score (nSPS) is 19.5. The van der Waals surface area contributed by atoms with E-state index in [-0.39, 0.29) is 41.6 Å². The van der Waals surface area contributed by atoms with Gasteiger partial charge in [0.15, 0.2) is 0 Å². The molecule has 3 aliphatic heterocycles. The molecule has 52 heavy (non-hydrogen) atoms. The van der Waals surface area contributed by atoms with Crippen LogP contribution in [0.4, 0.5) is 13.2 Å². The zero-order chi connectivity index (χ0) is 38.2. The fraction of sp³-hybridized carbons (Fsp3) is 0.579. The Hall–Kier alpha value is -3.68. The summed E-state index contributed by atoms with van der Waals surface area (Å²) in [5, 5.41) is 14.3. The number of fused-ring (bicyclic) bond motifs is 1. The summed E-state index contributed by atoms with van der Waals surface area (Å²) < 4.78 is 31.7. The van der Waals surface area contributed by atoms with Crippen LogP contribution in [-0.2, 0) is 32.1 Å². The number of halogens is 4. The lowest BCUT2D eigenvalue weighted by Crippen LogP contribution is -2.63. The van der Waals surface area contributed by atoms with E-state index in [0.717, 1.165) is 63.1 Å². The van der Waals surface area contributed by atoms with Crippen molar-refractivity contribution in [1.29, 1.82) is 0 Å². The Morgan fingerprint density at radius 2 is 1.48 bits per heavy atom. The summed E-state index contributed by atoms with van der Waals surface area (Å²) in [5.74, 6) is -2.12. The van der Waals surface area contributed by atoms with Crippen LogP contribution in [0.25, 0.3) is 0 Å². The zero-order valence-electron chi connectivity index (χ0n) is 30.3. The lowest BCUT2D eigenvalue weighted by Gasteiger charge is -2.52. The van der Waals surface area contributed by atoms with Crippen LogP contribution in [0.15, 0.2) is 48.5 Å². The van der Waals surface area contributed by atoms with Gasteiger partial charge >= 0.3 is 12.1 Å². The molecular formula is C38H51ClF3N5O5. The maximum atomic E-state index is 14.1. The molecule has 5 rings (SSSR count). The van der Waals surface area contributed by atoms with Gasteiger partial charge in [-0.15, -0.1) is 0 Å². The van der Waals surface area contributed by atoms with Crippen LogP contribution in [0.5, 0.6) is 0 Å². The van der Waals surface area contributed by atoms with E-state index >= 15 is 0 Å². The fourth-order valence-electron chi connectivity index (χ4n) is 7.59. The van der Waals surface area contributed by atoms with Crippen molar-refractivity contribution in [2.24, 2.45) is 11.8 Å². The molecule has 286 valence electrons. The van der Waals surface area contributed by atoms with Crippen LogP contribution in [0.3, 0.4) is 0 Å². The highest BCUT2D eigenvalue weighted by Gasteiger charge is 2.43. The van der Waals surface area contributed by atoms with Crippen molar-refractivity contribution in [2.75, 3.05) is 39.3 Å². The monoisotopic (exact) mass is 749 g/mol. The van der Waals surface area contributed by atoms with Gasteiger partial charge in [0, 0.05) is 81.2 Å². The molecule has 3 aliphatic rings. The lowest BCUT2D eigenvalue weighted by atomic mass is 9.78. The number of alkyl halides is 3. The number of likely N-dealkylation sites (tertiary alicyclic amines) is 1. The number of nitrogens with one attached hydrogen (secondary N) is 2. The van der Waals surface area contributed by atoms with E-state index in [1.54, 1.807) is 0 Å². The minimum atomic E-state index is -5.08. The molecule has 0 saturated carbocycles. The zero-order valence-corrected chi connectivity index (χ0v) is 31.1. The molecule has 2 saturated heterocycles. The smallest absolute Gasteiger partial charge is 0.475 e. The van der Waals surface area contributed by atoms with Gasteiger partial charge in [0.2, 0.25) is 17.7 Å². The minimum Gasteiger partial charge on any atom is -0.475 e. The topological polar surface area (TPSA) is 122 Å². The first-order valence-corrected chi connectivity index (χ1v) is 18.3. The van der Waals surface area contributed by atoms with Crippen molar-refractivity contribution < 1.29 is 37.5 Å². The summed E-state index contributed by atoms with van der Waals surface area (Å²) in [6, 6.07) is 15.0. The second-order valence-corrected chi connectivity index (χ2v) is 15.1. The first-order chi connectivity index (χ1) is 24.5. The summed E-state index contributed by atoms with van der Waals surface area (Å²) in [5.41, 5.74) is 3.37. The Labute approximate surface area is 309 Å². The summed E-state index contributed by atoms with van der Waals surface area (Å²) in [7, 11) is 0. The molecule has 2 atom stereocenters. The van der Waals surface area contributed by atoms with Gasteiger partial charge in [-0.2, -0.15) is 13.2 Å². The van der Waals surface area contributed by atoms with E-state index < -0.39 is 18.2 Å². The Bertz CT molecular complexity index is 1540. The van der Waals surface area contributed by atoms with Gasteiger partial charge in [-0.1, -0.05) is 75.7 Å². The van der Waals surface area contributed by atoms with E-state index in [1.165, 1.54) is 5.56 Å². The average molecular weight is 750 g/mol. The number of hydrogen-bond donors (Lipinski definition) is 3. The van der Waals surface area contributed by atoms with Gasteiger partial charge < -0.3 is 25.5 Å². The van der Waals surface area contributed by atoms with Crippen LogP contribution in [-0.4, -0.2) is 101 Å². The minimum absolute atomic E-state index is 0.0173. The summed E-state index contributed by atoms with van der Waals surface area (Å²) >= 11 is 6.13. The largest absolute Gasteiger partial charge is 0.490 e. The summed E-state index contributed by atoms with van der Waals surface area (Å²) in [6.07, 6.45) is -1.38. The Balaban J connectivity index is 0.000000785. The molecule has 2 fully saturated rings. The molecule has 3 amide bonds. The van der Waals surface area contributed by atoms with Crippen molar-refractivity contribution >= 4 is 35.3 Å². The molecule has 10 nitrogen and oxygen atoms in total. The average Bonchev–Trinajstić information content (AvgIpc) is 3.50. The Morgan fingerprint density at radius 3 is 2.04 bits per heavy atom.